The molecular formula is C18H13Cl2F2N3O2. The van der Waals surface area contributed by atoms with Crippen molar-refractivity contribution in [2.45, 2.75) is 13.2 Å². The van der Waals surface area contributed by atoms with E-state index in [4.69, 9.17) is 23.2 Å². The number of alkyl halides is 2. The smallest absolute Gasteiger partial charge is 0.387 e. The van der Waals surface area contributed by atoms with Gasteiger partial charge in [-0.25, -0.2) is 4.68 Å². The Morgan fingerprint density at radius 2 is 1.89 bits per heavy atom. The summed E-state index contributed by atoms with van der Waals surface area (Å²) < 4.78 is 30.2. The molecule has 5 nitrogen and oxygen atoms in total. The van der Waals surface area contributed by atoms with Gasteiger partial charge in [-0.2, -0.15) is 13.9 Å². The fourth-order valence-electron chi connectivity index (χ4n) is 2.37. The monoisotopic (exact) mass is 411 g/mol. The SMILES string of the molecule is O=C(Nc1ccnn1Cc1cccc(Cl)c1Cl)c1ccc(OC(F)F)cc1. The minimum Gasteiger partial charge on any atom is -0.435 e. The Bertz CT molecular complexity index is 946. The van der Waals surface area contributed by atoms with Crippen LogP contribution in [0.2, 0.25) is 10.0 Å². The summed E-state index contributed by atoms with van der Waals surface area (Å²) in [5.41, 5.74) is 1.03. The van der Waals surface area contributed by atoms with E-state index in [1.807, 2.05) is 6.07 Å². The molecule has 27 heavy (non-hydrogen) atoms. The Labute approximate surface area is 163 Å². The van der Waals surface area contributed by atoms with Gasteiger partial charge >= 0.3 is 6.61 Å². The Balaban J connectivity index is 1.72. The molecule has 0 aliphatic rings. The topological polar surface area (TPSA) is 56.2 Å². The highest BCUT2D eigenvalue weighted by atomic mass is 35.5. The van der Waals surface area contributed by atoms with Gasteiger partial charge in [0.05, 0.1) is 22.8 Å². The number of rotatable bonds is 6. The number of benzene rings is 2. The second kappa shape index (κ2) is 8.37. The zero-order valence-corrected chi connectivity index (χ0v) is 15.2. The molecule has 2 aromatic carbocycles. The zero-order chi connectivity index (χ0) is 19.4. The van der Waals surface area contributed by atoms with Gasteiger partial charge in [0.25, 0.3) is 5.91 Å². The minimum absolute atomic E-state index is 0.0258. The molecule has 1 heterocycles. The summed E-state index contributed by atoms with van der Waals surface area (Å²) in [4.78, 5) is 12.4. The average molecular weight is 412 g/mol. The van der Waals surface area contributed by atoms with Gasteiger partial charge in [0, 0.05) is 11.6 Å². The van der Waals surface area contributed by atoms with Gasteiger partial charge in [0.2, 0.25) is 0 Å². The lowest BCUT2D eigenvalue weighted by molar-refractivity contribution is -0.0498. The Kier molecular flexibility index (Phi) is 5.93. The minimum atomic E-state index is -2.92. The van der Waals surface area contributed by atoms with Crippen LogP contribution in [0.5, 0.6) is 5.75 Å². The fraction of sp³-hybridized carbons (Fsp3) is 0.111. The first-order valence-corrected chi connectivity index (χ1v) is 8.50. The number of halogens is 4. The number of hydrogen-bond acceptors (Lipinski definition) is 3. The maximum atomic E-state index is 12.4. The lowest BCUT2D eigenvalue weighted by atomic mass is 10.2. The first-order valence-electron chi connectivity index (χ1n) is 7.75. The number of nitrogens with one attached hydrogen (secondary N) is 1. The van der Waals surface area contributed by atoms with Crippen molar-refractivity contribution in [3.63, 3.8) is 0 Å². The number of amides is 1. The standard InChI is InChI=1S/C18H13Cl2F2N3O2/c19-14-3-1-2-12(16(14)20)10-25-15(8-9-23-25)24-17(26)11-4-6-13(7-5-11)27-18(21)22/h1-9,18H,10H2,(H,24,26). The van der Waals surface area contributed by atoms with Gasteiger partial charge < -0.3 is 10.1 Å². The summed E-state index contributed by atoms with van der Waals surface area (Å²) in [6, 6.07) is 12.3. The molecule has 1 aromatic heterocycles. The molecule has 0 saturated carbocycles. The van der Waals surface area contributed by atoms with Crippen LogP contribution in [0.4, 0.5) is 14.6 Å². The molecule has 1 N–H and O–H groups in total. The summed E-state index contributed by atoms with van der Waals surface area (Å²) >= 11 is 12.2. The molecule has 0 unspecified atom stereocenters. The highest BCUT2D eigenvalue weighted by molar-refractivity contribution is 6.42. The largest absolute Gasteiger partial charge is 0.435 e. The lowest BCUT2D eigenvalue weighted by Crippen LogP contribution is -2.16. The number of ether oxygens (including phenoxy) is 1. The van der Waals surface area contributed by atoms with Crippen LogP contribution >= 0.6 is 23.2 Å². The molecule has 0 saturated heterocycles. The first-order chi connectivity index (χ1) is 12.9. The van der Waals surface area contributed by atoms with Gasteiger partial charge in [-0.1, -0.05) is 35.3 Å². The Morgan fingerprint density at radius 1 is 1.15 bits per heavy atom. The summed E-state index contributed by atoms with van der Waals surface area (Å²) in [5, 5.41) is 7.74. The zero-order valence-electron chi connectivity index (χ0n) is 13.7. The van der Waals surface area contributed by atoms with Crippen LogP contribution in [0.3, 0.4) is 0 Å². The summed E-state index contributed by atoms with van der Waals surface area (Å²) in [6.07, 6.45) is 1.54. The highest BCUT2D eigenvalue weighted by Gasteiger charge is 2.13. The van der Waals surface area contributed by atoms with E-state index in [0.717, 1.165) is 5.56 Å². The van der Waals surface area contributed by atoms with Crippen LogP contribution in [0.25, 0.3) is 0 Å². The molecule has 1 amide bonds. The van der Waals surface area contributed by atoms with E-state index in [1.165, 1.54) is 30.5 Å². The van der Waals surface area contributed by atoms with Gasteiger partial charge in [-0.3, -0.25) is 4.79 Å². The van der Waals surface area contributed by atoms with E-state index in [9.17, 15) is 13.6 Å². The molecule has 0 aliphatic heterocycles. The van der Waals surface area contributed by atoms with Crippen LogP contribution < -0.4 is 10.1 Å². The molecule has 140 valence electrons. The number of nitrogens with zero attached hydrogens (tertiary/aromatic N) is 2. The molecule has 0 atom stereocenters. The number of carbonyl (C=O) groups is 1. The van der Waals surface area contributed by atoms with Gasteiger partial charge in [0.15, 0.2) is 0 Å². The highest BCUT2D eigenvalue weighted by Crippen LogP contribution is 2.26. The molecule has 0 radical (unpaired) electrons. The third-order valence-electron chi connectivity index (χ3n) is 3.65. The average Bonchev–Trinajstić information content (AvgIpc) is 3.06. The first kappa shape index (κ1) is 19.1. The molecule has 0 fully saturated rings. The van der Waals surface area contributed by atoms with Crippen molar-refractivity contribution in [3.05, 3.63) is 75.9 Å². The van der Waals surface area contributed by atoms with Crippen molar-refractivity contribution in [1.82, 2.24) is 9.78 Å². The van der Waals surface area contributed by atoms with Crippen molar-refractivity contribution in [2.24, 2.45) is 0 Å². The van der Waals surface area contributed by atoms with Gasteiger partial charge in [-0.15, -0.1) is 0 Å². The molecule has 0 spiro atoms. The molecule has 3 aromatic rings. The maximum Gasteiger partial charge on any atom is 0.387 e. The van der Waals surface area contributed by atoms with Crippen LogP contribution in [-0.2, 0) is 6.54 Å². The molecule has 9 heteroatoms. The summed E-state index contributed by atoms with van der Waals surface area (Å²) in [6.45, 7) is -2.61. The number of carbonyl (C=O) groups excluding carboxylic acids is 1. The van der Waals surface area contributed by atoms with E-state index >= 15 is 0 Å². The summed E-state index contributed by atoms with van der Waals surface area (Å²) in [5.74, 6) is 0.00340. The fourth-order valence-corrected chi connectivity index (χ4v) is 2.75. The van der Waals surface area contributed by atoms with Crippen molar-refractivity contribution >= 4 is 34.9 Å². The number of aromatic nitrogens is 2. The van der Waals surface area contributed by atoms with Crippen LogP contribution in [0.1, 0.15) is 15.9 Å². The molecule has 3 rings (SSSR count). The third kappa shape index (κ3) is 4.75. The van der Waals surface area contributed by atoms with Crippen molar-refractivity contribution in [2.75, 3.05) is 5.32 Å². The normalized spacial score (nSPS) is 10.9. The van der Waals surface area contributed by atoms with Crippen LogP contribution in [0, 0.1) is 0 Å². The van der Waals surface area contributed by atoms with E-state index in [1.54, 1.807) is 22.9 Å². The van der Waals surface area contributed by atoms with Crippen molar-refractivity contribution in [1.29, 1.82) is 0 Å². The quantitative estimate of drug-likeness (QED) is 0.614. The van der Waals surface area contributed by atoms with Crippen molar-refractivity contribution < 1.29 is 18.3 Å². The predicted octanol–water partition coefficient (Wildman–Crippen LogP) is 5.09. The maximum absolute atomic E-state index is 12.4. The molecular weight excluding hydrogens is 399 g/mol. The van der Waals surface area contributed by atoms with E-state index in [2.05, 4.69) is 15.2 Å². The summed E-state index contributed by atoms with van der Waals surface area (Å²) in [7, 11) is 0. The van der Waals surface area contributed by atoms with E-state index < -0.39 is 12.5 Å². The lowest BCUT2D eigenvalue weighted by Gasteiger charge is -2.11. The second-order valence-corrected chi connectivity index (χ2v) is 6.23. The van der Waals surface area contributed by atoms with Gasteiger partial charge in [-0.05, 0) is 35.9 Å². The Hall–Kier alpha value is -2.64. The predicted molar refractivity (Wildman–Crippen MR) is 98.8 cm³/mol. The number of hydrogen-bond donors (Lipinski definition) is 1. The molecule has 0 bridgehead atoms. The van der Waals surface area contributed by atoms with Crippen LogP contribution in [-0.4, -0.2) is 22.3 Å². The van der Waals surface area contributed by atoms with Gasteiger partial charge in [0.1, 0.15) is 11.6 Å². The van der Waals surface area contributed by atoms with Crippen molar-refractivity contribution in [3.8, 4) is 5.75 Å². The van der Waals surface area contributed by atoms with E-state index in [-0.39, 0.29) is 11.3 Å². The second-order valence-electron chi connectivity index (χ2n) is 5.44. The molecule has 0 aliphatic carbocycles. The van der Waals surface area contributed by atoms with Crippen LogP contribution in [0.15, 0.2) is 54.7 Å². The third-order valence-corrected chi connectivity index (χ3v) is 4.51. The number of anilines is 1. The van der Waals surface area contributed by atoms with E-state index in [0.29, 0.717) is 22.4 Å². The Morgan fingerprint density at radius 3 is 2.59 bits per heavy atom.